The number of carboxylic acid groups (broad SMARTS) is 1. The molecule has 0 amide bonds. The lowest BCUT2D eigenvalue weighted by molar-refractivity contribution is -0.136. The van der Waals surface area contributed by atoms with Gasteiger partial charge in [0.05, 0.1) is 23.3 Å². The van der Waals surface area contributed by atoms with Crippen molar-refractivity contribution in [2.24, 2.45) is 11.8 Å². The third-order valence-corrected chi connectivity index (χ3v) is 25.1. The maximum Gasteiger partial charge on any atom is 0.343 e. The molecule has 16 heteroatoms. The summed E-state index contributed by atoms with van der Waals surface area (Å²) in [7, 11) is -4.35. The van der Waals surface area contributed by atoms with E-state index in [0.29, 0.717) is 47.9 Å². The van der Waals surface area contributed by atoms with E-state index in [1.54, 1.807) is 84.9 Å². The molecule has 1 N–H and O–H groups in total. The van der Waals surface area contributed by atoms with E-state index in [-0.39, 0.29) is 76.2 Å². The van der Waals surface area contributed by atoms with Gasteiger partial charge in [0.15, 0.2) is 16.6 Å². The fourth-order valence-corrected chi connectivity index (χ4v) is 11.9. The van der Waals surface area contributed by atoms with E-state index in [1.807, 2.05) is 30.4 Å². The fourth-order valence-electron chi connectivity index (χ4n) is 8.99. The molecular weight excluding hydrogens is 1110 g/mol. The Morgan fingerprint density at radius 2 is 0.988 bits per heavy atom. The lowest BCUT2D eigenvalue weighted by atomic mass is 9.93. The van der Waals surface area contributed by atoms with Crippen LogP contribution in [0.1, 0.15) is 146 Å². The molecule has 6 atom stereocenters. The van der Waals surface area contributed by atoms with Crippen molar-refractivity contribution in [3.8, 4) is 11.5 Å². The summed E-state index contributed by atoms with van der Waals surface area (Å²) >= 11 is 0. The van der Waals surface area contributed by atoms with E-state index >= 15 is 0 Å². The summed E-state index contributed by atoms with van der Waals surface area (Å²) in [6, 6.07) is 27.6. The molecule has 0 bridgehead atoms. The summed E-state index contributed by atoms with van der Waals surface area (Å²) in [6.45, 7) is 29.9. The highest BCUT2D eigenvalue weighted by molar-refractivity contribution is 6.74. The van der Waals surface area contributed by atoms with Gasteiger partial charge in [-0.05, 0) is 121 Å². The third kappa shape index (κ3) is 21.0. The number of carbonyl (C=O) groups excluding carboxylic acids is 5. The standard InChI is InChI=1S/C36H46O7Si.C33H42O7Si/c1-8-24-40-32(37)23-15-21-29-25-31(43-44(6,7)36(3,4)5)26(2)16-12-13-17-27-20-14-22-30(33(27)35(39)41-29)42-34(38)28-18-10-9-11-19-28;1-23-14-10-11-15-24-18-12-20-27(39-31(36)25-16-8-7-9-17-25)30(24)32(37)38-26(19-13-21-29(34)35)22-28(23)40-41(5,6)33(2,3)4/h8-15,18-20,22-23,26,29,31H,1,16-17,21,24-25H2,2-7H3;7-13,16-18,20-21,23,26,28H,14-15,19,22H2,1-6H3,(H,34,35)/b13-12+,23-15+;11-10+,21-13+/t26-,29?,31+;23-,26?,28+/m00/s1. The van der Waals surface area contributed by atoms with Gasteiger partial charge in [0.1, 0.15) is 41.4 Å². The van der Waals surface area contributed by atoms with Gasteiger partial charge in [-0.2, -0.15) is 0 Å². The van der Waals surface area contributed by atoms with Crippen molar-refractivity contribution < 1.29 is 66.4 Å². The topological polar surface area (TPSA) is 187 Å². The highest BCUT2D eigenvalue weighted by atomic mass is 28.4. The Bertz CT molecular complexity index is 3040. The molecule has 0 saturated carbocycles. The highest BCUT2D eigenvalue weighted by Crippen LogP contribution is 2.41. The number of aliphatic carboxylic acids is 1. The van der Waals surface area contributed by atoms with Crippen LogP contribution in [0.25, 0.3) is 0 Å². The first kappa shape index (κ1) is 68.5. The van der Waals surface area contributed by atoms with Crippen molar-refractivity contribution in [3.63, 3.8) is 0 Å². The molecule has 0 aromatic heterocycles. The van der Waals surface area contributed by atoms with Crippen molar-refractivity contribution >= 4 is 52.5 Å². The monoisotopic (exact) mass is 1200 g/mol. The van der Waals surface area contributed by atoms with E-state index in [2.05, 4.69) is 100 Å². The van der Waals surface area contributed by atoms with Crippen LogP contribution >= 0.6 is 0 Å². The predicted molar refractivity (Wildman–Crippen MR) is 337 cm³/mol. The molecule has 6 rings (SSSR count). The first-order valence-corrected chi connectivity index (χ1v) is 35.1. The van der Waals surface area contributed by atoms with Crippen LogP contribution in [0.5, 0.6) is 11.5 Å². The zero-order chi connectivity index (χ0) is 62.5. The summed E-state index contributed by atoms with van der Waals surface area (Å²) in [5.41, 5.74) is 2.49. The molecule has 4 aromatic carbocycles. The normalized spacial score (nSPS) is 20.8. The second-order valence-electron chi connectivity index (χ2n) is 24.8. The summed E-state index contributed by atoms with van der Waals surface area (Å²) in [5, 5.41) is 9.13. The minimum Gasteiger partial charge on any atom is -0.478 e. The van der Waals surface area contributed by atoms with Gasteiger partial charge in [-0.25, -0.2) is 28.8 Å². The summed E-state index contributed by atoms with van der Waals surface area (Å²) in [4.78, 5) is 76.9. The second-order valence-corrected chi connectivity index (χ2v) is 34.3. The van der Waals surface area contributed by atoms with Crippen LogP contribution in [0.15, 0.2) is 158 Å². The average molecular weight is 1200 g/mol. The van der Waals surface area contributed by atoms with Crippen LogP contribution in [-0.4, -0.2) is 88.6 Å². The summed E-state index contributed by atoms with van der Waals surface area (Å²) in [5.74, 6) is -3.40. The van der Waals surface area contributed by atoms with E-state index in [1.165, 1.54) is 18.2 Å². The van der Waals surface area contributed by atoms with Gasteiger partial charge < -0.3 is 37.6 Å². The van der Waals surface area contributed by atoms with E-state index in [0.717, 1.165) is 18.9 Å². The Hall–Kier alpha value is -7.25. The number of carbonyl (C=O) groups is 6. The summed E-state index contributed by atoms with van der Waals surface area (Å²) < 4.78 is 42.6. The number of hydrogen-bond acceptors (Lipinski definition) is 13. The largest absolute Gasteiger partial charge is 0.478 e. The second kappa shape index (κ2) is 31.8. The number of carboxylic acids is 1. The highest BCUT2D eigenvalue weighted by Gasteiger charge is 2.43. The molecule has 0 aliphatic carbocycles. The number of esters is 5. The van der Waals surface area contributed by atoms with Crippen LogP contribution in [0, 0.1) is 11.8 Å². The van der Waals surface area contributed by atoms with Crippen LogP contribution in [0.2, 0.25) is 36.3 Å². The Labute approximate surface area is 505 Å². The first-order chi connectivity index (χ1) is 40.1. The van der Waals surface area contributed by atoms with Crippen LogP contribution in [0.4, 0.5) is 0 Å². The smallest absolute Gasteiger partial charge is 0.343 e. The van der Waals surface area contributed by atoms with Gasteiger partial charge in [0.2, 0.25) is 0 Å². The summed E-state index contributed by atoms with van der Waals surface area (Å²) in [6.07, 6.45) is 17.4. The molecule has 85 heavy (non-hydrogen) atoms. The van der Waals surface area contributed by atoms with Gasteiger partial charge in [0, 0.05) is 37.8 Å². The number of hydrogen-bond donors (Lipinski definition) is 1. The minimum absolute atomic E-state index is 0.0102. The Morgan fingerprint density at radius 1 is 0.588 bits per heavy atom. The fraction of sp³-hybridized carbons (Fsp3) is 0.420. The van der Waals surface area contributed by atoms with Crippen molar-refractivity contribution in [1.29, 1.82) is 0 Å². The first-order valence-electron chi connectivity index (χ1n) is 29.3. The number of fused-ring (bicyclic) bond motifs is 2. The molecule has 0 spiro atoms. The number of allylic oxidation sites excluding steroid dienone is 4. The van der Waals surface area contributed by atoms with Gasteiger partial charge in [0.25, 0.3) is 0 Å². The maximum atomic E-state index is 13.9. The van der Waals surface area contributed by atoms with Crippen LogP contribution in [0.3, 0.4) is 0 Å². The van der Waals surface area contributed by atoms with Crippen molar-refractivity contribution in [2.45, 2.75) is 167 Å². The zero-order valence-corrected chi connectivity index (χ0v) is 53.7. The average Bonchev–Trinajstić information content (AvgIpc) is 2.66. The van der Waals surface area contributed by atoms with Crippen LogP contribution in [-0.2, 0) is 45.5 Å². The van der Waals surface area contributed by atoms with Crippen LogP contribution < -0.4 is 9.47 Å². The van der Waals surface area contributed by atoms with Gasteiger partial charge in [-0.3, -0.25) is 0 Å². The Kier molecular flexibility index (Phi) is 25.6. The molecular formula is C69H88O14Si2. The lowest BCUT2D eigenvalue weighted by Gasteiger charge is -2.41. The molecule has 2 aliphatic rings. The van der Waals surface area contributed by atoms with Crippen molar-refractivity contribution in [2.75, 3.05) is 6.61 Å². The Balaban J connectivity index is 0.000000311. The van der Waals surface area contributed by atoms with E-state index < -0.39 is 64.7 Å². The van der Waals surface area contributed by atoms with Crippen molar-refractivity contribution in [1.82, 2.24) is 0 Å². The zero-order valence-electron chi connectivity index (χ0n) is 51.7. The molecule has 14 nitrogen and oxygen atoms in total. The molecule has 0 radical (unpaired) electrons. The molecule has 0 fully saturated rings. The Morgan fingerprint density at radius 3 is 1.36 bits per heavy atom. The molecule has 2 aliphatic heterocycles. The molecule has 456 valence electrons. The minimum atomic E-state index is -2.18. The molecule has 2 unspecified atom stereocenters. The molecule has 0 saturated heterocycles. The van der Waals surface area contributed by atoms with E-state index in [9.17, 15) is 28.8 Å². The predicted octanol–water partition coefficient (Wildman–Crippen LogP) is 15.4. The lowest BCUT2D eigenvalue weighted by Crippen LogP contribution is -2.46. The maximum absolute atomic E-state index is 13.9. The number of benzene rings is 4. The molecule has 2 heterocycles. The van der Waals surface area contributed by atoms with Crippen molar-refractivity contribution in [3.05, 3.63) is 192 Å². The number of ether oxygens (including phenoxy) is 5. The number of rotatable bonds is 16. The van der Waals surface area contributed by atoms with Gasteiger partial charge in [-0.1, -0.05) is 165 Å². The number of cyclic esters (lactones) is 2. The van der Waals surface area contributed by atoms with Gasteiger partial charge in [-0.15, -0.1) is 0 Å². The van der Waals surface area contributed by atoms with Gasteiger partial charge >= 0.3 is 35.8 Å². The third-order valence-electron chi connectivity index (χ3n) is 16.0. The quantitative estimate of drug-likeness (QED) is 0.0279. The molecule has 4 aromatic rings. The van der Waals surface area contributed by atoms with E-state index in [4.69, 9.17) is 37.6 Å². The SMILES string of the molecule is C=CCOC(=O)/C=C/CC1C[C@@H](O[Si](C)(C)C(C)(C)C)[C@@H](C)C/C=C/Cc2cccc(OC(=O)c3ccccc3)c2C(=O)O1.C[C@H]1C/C=C/Cc2cccc(OC(=O)c3ccccc3)c2C(=O)OC(C/C=C/C(=O)O)C[C@H]1O[Si](C)(C)C(C)(C)C.